The van der Waals surface area contributed by atoms with Crippen LogP contribution in [0.2, 0.25) is 0 Å². The molecule has 0 aliphatic carbocycles. The van der Waals surface area contributed by atoms with Gasteiger partial charge in [0.15, 0.2) is 0 Å². The molecule has 2 aliphatic rings. The fourth-order valence-corrected chi connectivity index (χ4v) is 4.41. The second-order valence-corrected chi connectivity index (χ2v) is 7.81. The zero-order valence-corrected chi connectivity index (χ0v) is 13.0. The molecule has 20 heavy (non-hydrogen) atoms. The van der Waals surface area contributed by atoms with E-state index < -0.39 is 10.0 Å². The number of amides is 1. The van der Waals surface area contributed by atoms with Crippen LogP contribution in [0.1, 0.15) is 25.7 Å². The molecule has 2 saturated heterocycles. The van der Waals surface area contributed by atoms with Crippen LogP contribution in [0.4, 0.5) is 0 Å². The number of sulfonamides is 1. The minimum Gasteiger partial charge on any atom is -0.342 e. The Morgan fingerprint density at radius 2 is 1.95 bits per heavy atom. The van der Waals surface area contributed by atoms with Gasteiger partial charge in [-0.1, -0.05) is 0 Å². The fourth-order valence-electron chi connectivity index (χ4n) is 2.94. The van der Waals surface area contributed by atoms with Gasteiger partial charge in [0.1, 0.15) is 0 Å². The molecule has 7 heteroatoms. The van der Waals surface area contributed by atoms with Crippen molar-refractivity contribution >= 4 is 15.9 Å². The molecule has 116 valence electrons. The Balaban J connectivity index is 1.77. The van der Waals surface area contributed by atoms with E-state index in [2.05, 4.69) is 5.32 Å². The average molecular weight is 303 g/mol. The monoisotopic (exact) mass is 303 g/mol. The Bertz CT molecular complexity index is 430. The standard InChI is InChI=1S/C13H25N3O3S/c1-14-6-3-12-4-8-15(9-5-12)13(17)11-16-7-2-10-20(16,18)19/h12,14H,2-11H2,1H3. The molecule has 0 spiro atoms. The molecule has 0 unspecified atom stereocenters. The highest BCUT2D eigenvalue weighted by Gasteiger charge is 2.32. The van der Waals surface area contributed by atoms with Gasteiger partial charge in [-0.25, -0.2) is 8.42 Å². The summed E-state index contributed by atoms with van der Waals surface area (Å²) in [7, 11) is -1.21. The molecule has 2 rings (SSSR count). The number of carbonyl (C=O) groups is 1. The van der Waals surface area contributed by atoms with E-state index >= 15 is 0 Å². The lowest BCUT2D eigenvalue weighted by atomic mass is 9.93. The SMILES string of the molecule is CNCCC1CCN(C(=O)CN2CCCS2(=O)=O)CC1. The van der Waals surface area contributed by atoms with Crippen LogP contribution >= 0.6 is 0 Å². The summed E-state index contributed by atoms with van der Waals surface area (Å²) in [4.78, 5) is 14.0. The summed E-state index contributed by atoms with van der Waals surface area (Å²) in [5.41, 5.74) is 0. The molecule has 0 saturated carbocycles. The summed E-state index contributed by atoms with van der Waals surface area (Å²) in [5.74, 6) is 0.830. The highest BCUT2D eigenvalue weighted by Crippen LogP contribution is 2.21. The molecule has 1 N–H and O–H groups in total. The van der Waals surface area contributed by atoms with E-state index in [0.29, 0.717) is 18.9 Å². The zero-order valence-electron chi connectivity index (χ0n) is 12.2. The minimum absolute atomic E-state index is 0.0313. The van der Waals surface area contributed by atoms with Crippen molar-refractivity contribution in [3.63, 3.8) is 0 Å². The van der Waals surface area contributed by atoms with Crippen LogP contribution in [0, 0.1) is 5.92 Å². The maximum atomic E-state index is 12.2. The number of nitrogens with one attached hydrogen (secondary N) is 1. The first kappa shape index (κ1) is 15.7. The lowest BCUT2D eigenvalue weighted by Gasteiger charge is -2.32. The van der Waals surface area contributed by atoms with Crippen molar-refractivity contribution < 1.29 is 13.2 Å². The van der Waals surface area contributed by atoms with Gasteiger partial charge in [-0.3, -0.25) is 4.79 Å². The van der Waals surface area contributed by atoms with Crippen molar-refractivity contribution in [2.75, 3.05) is 45.5 Å². The first-order valence-corrected chi connectivity index (χ1v) is 9.04. The van der Waals surface area contributed by atoms with E-state index in [0.717, 1.165) is 38.9 Å². The number of piperidine rings is 1. The van der Waals surface area contributed by atoms with E-state index in [9.17, 15) is 13.2 Å². The van der Waals surface area contributed by atoms with Crippen molar-refractivity contribution in [2.45, 2.75) is 25.7 Å². The maximum absolute atomic E-state index is 12.2. The zero-order chi connectivity index (χ0) is 14.6. The average Bonchev–Trinajstić information content (AvgIpc) is 2.76. The Kier molecular flexibility index (Phi) is 5.40. The summed E-state index contributed by atoms with van der Waals surface area (Å²) in [6, 6.07) is 0. The van der Waals surface area contributed by atoms with Gasteiger partial charge in [0.05, 0.1) is 12.3 Å². The number of hydrogen-bond donors (Lipinski definition) is 1. The molecule has 0 radical (unpaired) electrons. The van der Waals surface area contributed by atoms with Gasteiger partial charge < -0.3 is 10.2 Å². The normalized spacial score (nSPS) is 24.1. The third-order valence-electron chi connectivity index (χ3n) is 4.28. The van der Waals surface area contributed by atoms with Gasteiger partial charge in [0.2, 0.25) is 15.9 Å². The van der Waals surface area contributed by atoms with Gasteiger partial charge in [0, 0.05) is 19.6 Å². The summed E-state index contributed by atoms with van der Waals surface area (Å²) in [5, 5.41) is 3.15. The van der Waals surface area contributed by atoms with Crippen LogP contribution in [0.15, 0.2) is 0 Å². The van der Waals surface area contributed by atoms with Gasteiger partial charge in [-0.05, 0) is 45.2 Å². The van der Waals surface area contributed by atoms with E-state index in [1.807, 2.05) is 11.9 Å². The van der Waals surface area contributed by atoms with Crippen molar-refractivity contribution in [1.82, 2.24) is 14.5 Å². The lowest BCUT2D eigenvalue weighted by molar-refractivity contribution is -0.132. The molecule has 2 aliphatic heterocycles. The van der Waals surface area contributed by atoms with Crippen LogP contribution in [-0.4, -0.2) is 69.1 Å². The lowest BCUT2D eigenvalue weighted by Crippen LogP contribution is -2.44. The number of rotatable bonds is 5. The van der Waals surface area contributed by atoms with Crippen LogP contribution < -0.4 is 5.32 Å². The molecule has 0 aromatic heterocycles. The summed E-state index contributed by atoms with van der Waals surface area (Å²) in [6.07, 6.45) is 3.85. The summed E-state index contributed by atoms with van der Waals surface area (Å²) >= 11 is 0. The Labute approximate surface area is 121 Å². The summed E-state index contributed by atoms with van der Waals surface area (Å²) < 4.78 is 24.7. The molecular formula is C13H25N3O3S. The predicted octanol–water partition coefficient (Wildman–Crippen LogP) is -0.130. The van der Waals surface area contributed by atoms with Crippen LogP contribution in [-0.2, 0) is 14.8 Å². The van der Waals surface area contributed by atoms with Crippen molar-refractivity contribution in [3.05, 3.63) is 0 Å². The van der Waals surface area contributed by atoms with E-state index in [-0.39, 0.29) is 18.2 Å². The second kappa shape index (κ2) is 6.87. The molecule has 0 atom stereocenters. The van der Waals surface area contributed by atoms with Gasteiger partial charge in [0.25, 0.3) is 0 Å². The smallest absolute Gasteiger partial charge is 0.237 e. The number of likely N-dealkylation sites (tertiary alicyclic amines) is 1. The van der Waals surface area contributed by atoms with E-state index in [1.54, 1.807) is 0 Å². The molecular weight excluding hydrogens is 278 g/mol. The van der Waals surface area contributed by atoms with Gasteiger partial charge in [-0.15, -0.1) is 0 Å². The Morgan fingerprint density at radius 1 is 1.25 bits per heavy atom. The molecule has 0 aromatic carbocycles. The highest BCUT2D eigenvalue weighted by atomic mass is 32.2. The predicted molar refractivity (Wildman–Crippen MR) is 77.8 cm³/mol. The van der Waals surface area contributed by atoms with E-state index in [1.165, 1.54) is 4.31 Å². The van der Waals surface area contributed by atoms with Crippen molar-refractivity contribution in [3.8, 4) is 0 Å². The molecule has 1 amide bonds. The van der Waals surface area contributed by atoms with Crippen LogP contribution in [0.3, 0.4) is 0 Å². The molecule has 0 aromatic rings. The Hall–Kier alpha value is -0.660. The third-order valence-corrected chi connectivity index (χ3v) is 6.19. The maximum Gasteiger partial charge on any atom is 0.237 e. The number of carbonyl (C=O) groups excluding carboxylic acids is 1. The quantitative estimate of drug-likeness (QED) is 0.768. The minimum atomic E-state index is -3.17. The molecule has 2 heterocycles. The van der Waals surface area contributed by atoms with Gasteiger partial charge >= 0.3 is 0 Å². The third kappa shape index (κ3) is 3.93. The first-order chi connectivity index (χ1) is 9.53. The first-order valence-electron chi connectivity index (χ1n) is 7.43. The largest absolute Gasteiger partial charge is 0.342 e. The van der Waals surface area contributed by atoms with Gasteiger partial charge in [-0.2, -0.15) is 4.31 Å². The number of nitrogens with zero attached hydrogens (tertiary/aromatic N) is 2. The Morgan fingerprint density at radius 3 is 2.50 bits per heavy atom. The highest BCUT2D eigenvalue weighted by molar-refractivity contribution is 7.89. The fraction of sp³-hybridized carbons (Fsp3) is 0.923. The van der Waals surface area contributed by atoms with Crippen molar-refractivity contribution in [1.29, 1.82) is 0 Å². The van der Waals surface area contributed by atoms with Crippen LogP contribution in [0.25, 0.3) is 0 Å². The molecule has 0 bridgehead atoms. The molecule has 6 nitrogen and oxygen atoms in total. The topological polar surface area (TPSA) is 69.7 Å². The summed E-state index contributed by atoms with van der Waals surface area (Å²) in [6.45, 7) is 3.07. The second-order valence-electron chi connectivity index (χ2n) is 5.72. The number of hydrogen-bond acceptors (Lipinski definition) is 4. The molecule has 2 fully saturated rings. The van der Waals surface area contributed by atoms with Crippen molar-refractivity contribution in [2.24, 2.45) is 5.92 Å². The van der Waals surface area contributed by atoms with Crippen LogP contribution in [0.5, 0.6) is 0 Å². The van der Waals surface area contributed by atoms with E-state index in [4.69, 9.17) is 0 Å².